The third kappa shape index (κ3) is 11.0. The fourth-order valence-corrected chi connectivity index (χ4v) is 11.1. The molecule has 0 radical (unpaired) electrons. The topological polar surface area (TPSA) is 139 Å². The van der Waals surface area contributed by atoms with E-state index in [-0.39, 0.29) is 35.4 Å². The molecule has 4 aromatic heterocycles. The number of unbranched alkanes of at least 4 members (excludes halogenated alkanes) is 4. The fourth-order valence-electron chi connectivity index (χ4n) is 10.2. The summed E-state index contributed by atoms with van der Waals surface area (Å²) in [5, 5.41) is 27.7. The molecule has 2 amide bonds. The molecular weight excluding hydrogens is 893 g/mol. The van der Waals surface area contributed by atoms with Crippen molar-refractivity contribution in [3.8, 4) is 21.7 Å². The van der Waals surface area contributed by atoms with E-state index in [1.807, 2.05) is 70.8 Å². The molecule has 12 nitrogen and oxygen atoms in total. The Morgan fingerprint density at radius 3 is 2.33 bits per heavy atom. The number of likely N-dealkylation sites (tertiary alicyclic amines) is 1. The SMILES string of the molecule is CCn1c2ccc(CNCCCCCCCC(=O)NCc3ccc(-c4c5ncn(CC6(O)CCN(C(=O)C[C@@H](C)c7ccccc7)CC6)c(=O)c5nn4C)cc3)cc2c2ccc(-c3cc(C)cs3)cc21. The van der Waals surface area contributed by atoms with E-state index in [0.29, 0.717) is 56.5 Å². The Bertz CT molecular complexity index is 3160. The minimum Gasteiger partial charge on any atom is -0.388 e. The van der Waals surface area contributed by atoms with Gasteiger partial charge < -0.3 is 25.2 Å². The summed E-state index contributed by atoms with van der Waals surface area (Å²) in [7, 11) is 1.79. The number of rotatable bonds is 20. The highest BCUT2D eigenvalue weighted by Gasteiger charge is 2.35. The van der Waals surface area contributed by atoms with Gasteiger partial charge in [0.1, 0.15) is 5.52 Å². The number of nitrogens with one attached hydrogen (secondary N) is 2. The fraction of sp³-hybridized carbons (Fsp3) is 0.386. The Hall–Kier alpha value is -6.41. The average Bonchev–Trinajstić information content (AvgIpc) is 4.06. The zero-order chi connectivity index (χ0) is 48.8. The van der Waals surface area contributed by atoms with Crippen LogP contribution in [0.2, 0.25) is 0 Å². The standard InChI is InChI=1S/C57H66N8O4S/c1-5-65-48-24-19-42(32-47(48)46-23-22-45(33-49(46)65)50-30-39(2)36-70-50)34-58-27-13-8-6-7-12-16-51(66)59-35-41-17-20-44(21-18-41)55-53-54(61-62(55)4)56(68)64(38-60-53)37-57(69)25-28-63(29-26-57)52(67)31-40(3)43-14-10-9-11-15-43/h9-11,14-15,17-24,30,32-33,36,38,40,58,69H,5-8,12-13,16,25-29,31,34-35,37H2,1-4H3,(H,59,66)/t40-/m1/s1. The first-order chi connectivity index (χ1) is 34.0. The largest absolute Gasteiger partial charge is 0.388 e. The number of aliphatic hydroxyl groups is 1. The number of aryl methyl sites for hydroxylation is 3. The lowest BCUT2D eigenvalue weighted by Gasteiger charge is -2.38. The number of benzene rings is 4. The summed E-state index contributed by atoms with van der Waals surface area (Å²) in [6.07, 6.45) is 8.40. The second kappa shape index (κ2) is 21.7. The van der Waals surface area contributed by atoms with Crippen molar-refractivity contribution in [3.05, 3.63) is 141 Å². The van der Waals surface area contributed by atoms with E-state index < -0.39 is 5.60 Å². The molecule has 9 rings (SSSR count). The predicted octanol–water partition coefficient (Wildman–Crippen LogP) is 10.3. The number of hydrogen-bond donors (Lipinski definition) is 3. The number of piperidine rings is 1. The normalized spacial score (nSPS) is 14.2. The summed E-state index contributed by atoms with van der Waals surface area (Å²) in [5.41, 5.74) is 9.42. The summed E-state index contributed by atoms with van der Waals surface area (Å²) in [6.45, 7) is 10.6. The molecule has 0 bridgehead atoms. The van der Waals surface area contributed by atoms with Crippen molar-refractivity contribution in [2.45, 2.75) is 116 Å². The lowest BCUT2D eigenvalue weighted by Crippen LogP contribution is -2.49. The molecule has 5 heterocycles. The first kappa shape index (κ1) is 48.6. The van der Waals surface area contributed by atoms with Crippen molar-refractivity contribution < 1.29 is 14.7 Å². The summed E-state index contributed by atoms with van der Waals surface area (Å²) >= 11 is 1.81. The van der Waals surface area contributed by atoms with Crippen LogP contribution in [0.5, 0.6) is 0 Å². The van der Waals surface area contributed by atoms with Gasteiger partial charge in [0.15, 0.2) is 5.52 Å². The minimum absolute atomic E-state index is 0.0538. The minimum atomic E-state index is -1.14. The molecule has 0 saturated carbocycles. The maximum atomic E-state index is 13.7. The van der Waals surface area contributed by atoms with Gasteiger partial charge in [-0.3, -0.25) is 23.6 Å². The van der Waals surface area contributed by atoms with Crippen LogP contribution >= 0.6 is 11.3 Å². The number of hydrogen-bond acceptors (Lipinski definition) is 8. The predicted molar refractivity (Wildman–Crippen MR) is 283 cm³/mol. The molecule has 0 aliphatic carbocycles. The highest BCUT2D eigenvalue weighted by molar-refractivity contribution is 7.13. The van der Waals surface area contributed by atoms with Crippen molar-refractivity contribution >= 4 is 56.0 Å². The van der Waals surface area contributed by atoms with Gasteiger partial charge in [-0.2, -0.15) is 5.10 Å². The Kier molecular flexibility index (Phi) is 15.1. The maximum absolute atomic E-state index is 13.7. The average molecular weight is 959 g/mol. The van der Waals surface area contributed by atoms with Crippen LogP contribution in [0, 0.1) is 6.92 Å². The Balaban J connectivity index is 0.678. The van der Waals surface area contributed by atoms with Crippen LogP contribution in [-0.2, 0) is 42.8 Å². The smallest absolute Gasteiger partial charge is 0.281 e. The Morgan fingerprint density at radius 1 is 0.829 bits per heavy atom. The highest BCUT2D eigenvalue weighted by atomic mass is 32.1. The number of nitrogens with zero attached hydrogens (tertiary/aromatic N) is 6. The third-order valence-corrected chi connectivity index (χ3v) is 15.3. The Labute approximate surface area is 414 Å². The van der Waals surface area contributed by atoms with Crippen molar-refractivity contribution in [1.29, 1.82) is 0 Å². The third-order valence-electron chi connectivity index (χ3n) is 14.2. The molecule has 8 aromatic rings. The van der Waals surface area contributed by atoms with E-state index in [1.54, 1.807) is 11.7 Å². The van der Waals surface area contributed by atoms with Crippen molar-refractivity contribution in [3.63, 3.8) is 0 Å². The second-order valence-corrected chi connectivity index (χ2v) is 20.4. The van der Waals surface area contributed by atoms with Gasteiger partial charge in [0.05, 0.1) is 24.2 Å². The van der Waals surface area contributed by atoms with Gasteiger partial charge in [0, 0.05) is 84.9 Å². The van der Waals surface area contributed by atoms with Gasteiger partial charge in [-0.15, -0.1) is 11.3 Å². The summed E-state index contributed by atoms with van der Waals surface area (Å²) in [6, 6.07) is 34.0. The van der Waals surface area contributed by atoms with Gasteiger partial charge in [0.25, 0.3) is 5.56 Å². The van der Waals surface area contributed by atoms with E-state index >= 15 is 0 Å². The molecule has 0 spiro atoms. The number of thiophene rings is 1. The molecule has 364 valence electrons. The van der Waals surface area contributed by atoms with Crippen LogP contribution in [0.3, 0.4) is 0 Å². The molecule has 0 unspecified atom stereocenters. The van der Waals surface area contributed by atoms with E-state index in [4.69, 9.17) is 0 Å². The summed E-state index contributed by atoms with van der Waals surface area (Å²) in [5.74, 6) is 0.235. The first-order valence-corrected chi connectivity index (χ1v) is 26.0. The van der Waals surface area contributed by atoms with E-state index in [1.165, 1.54) is 54.3 Å². The lowest BCUT2D eigenvalue weighted by atomic mass is 9.90. The number of amides is 2. The van der Waals surface area contributed by atoms with Crippen molar-refractivity contribution in [1.82, 2.24) is 39.4 Å². The quantitative estimate of drug-likeness (QED) is 0.0647. The zero-order valence-corrected chi connectivity index (χ0v) is 41.9. The van der Waals surface area contributed by atoms with Crippen LogP contribution in [-0.4, -0.2) is 71.0 Å². The molecule has 1 fully saturated rings. The van der Waals surface area contributed by atoms with Crippen molar-refractivity contribution in [2.75, 3.05) is 19.6 Å². The zero-order valence-electron chi connectivity index (χ0n) is 41.0. The molecule has 70 heavy (non-hydrogen) atoms. The van der Waals surface area contributed by atoms with Gasteiger partial charge in [-0.1, -0.05) is 99.0 Å². The second-order valence-electron chi connectivity index (χ2n) is 19.5. The lowest BCUT2D eigenvalue weighted by molar-refractivity contribution is -0.136. The molecule has 3 N–H and O–H groups in total. The van der Waals surface area contributed by atoms with Crippen LogP contribution in [0.15, 0.2) is 114 Å². The van der Waals surface area contributed by atoms with Crippen LogP contribution in [0.25, 0.3) is 54.5 Å². The van der Waals surface area contributed by atoms with Gasteiger partial charge in [0.2, 0.25) is 11.8 Å². The van der Waals surface area contributed by atoms with Crippen LogP contribution in [0.4, 0.5) is 0 Å². The number of carbonyl (C=O) groups excluding carboxylic acids is 2. The van der Waals surface area contributed by atoms with Crippen LogP contribution in [0.1, 0.15) is 99.8 Å². The molecule has 1 atom stereocenters. The number of carbonyl (C=O) groups is 2. The molecule has 4 aromatic carbocycles. The summed E-state index contributed by atoms with van der Waals surface area (Å²) < 4.78 is 5.54. The monoisotopic (exact) mass is 958 g/mol. The van der Waals surface area contributed by atoms with Gasteiger partial charge >= 0.3 is 0 Å². The molecule has 13 heteroatoms. The highest BCUT2D eigenvalue weighted by Crippen LogP contribution is 2.35. The summed E-state index contributed by atoms with van der Waals surface area (Å²) in [4.78, 5) is 47.4. The molecule has 1 saturated heterocycles. The van der Waals surface area contributed by atoms with Gasteiger partial charge in [-0.25, -0.2) is 4.98 Å². The van der Waals surface area contributed by atoms with Gasteiger partial charge in [-0.05, 0) is 109 Å². The molecule has 1 aliphatic rings. The maximum Gasteiger partial charge on any atom is 0.281 e. The molecular formula is C57H66N8O4S. The number of aromatic nitrogens is 5. The first-order valence-electron chi connectivity index (χ1n) is 25.1. The van der Waals surface area contributed by atoms with E-state index in [0.717, 1.165) is 68.4 Å². The van der Waals surface area contributed by atoms with Crippen molar-refractivity contribution in [2.24, 2.45) is 7.05 Å². The Morgan fingerprint density at radius 2 is 1.57 bits per heavy atom. The number of fused-ring (bicyclic) bond motifs is 4. The molecule has 1 aliphatic heterocycles. The van der Waals surface area contributed by atoms with E-state index in [9.17, 15) is 19.5 Å². The van der Waals surface area contributed by atoms with E-state index in [2.05, 4.69) is 93.9 Å². The van der Waals surface area contributed by atoms with Crippen LogP contribution < -0.4 is 16.2 Å².